The van der Waals surface area contributed by atoms with Crippen molar-refractivity contribution in [2.75, 3.05) is 18.4 Å². The Balaban J connectivity index is 2.05. The molecule has 0 unspecified atom stereocenters. The van der Waals surface area contributed by atoms with E-state index >= 15 is 0 Å². The summed E-state index contributed by atoms with van der Waals surface area (Å²) in [4.78, 5) is 38.0. The van der Waals surface area contributed by atoms with Crippen LogP contribution in [0, 0.1) is 10.1 Å². The van der Waals surface area contributed by atoms with Crippen molar-refractivity contribution in [3.8, 4) is 5.69 Å². The van der Waals surface area contributed by atoms with Crippen LogP contribution in [0.15, 0.2) is 54.7 Å². The number of para-hydroxylation sites is 1. The van der Waals surface area contributed by atoms with Gasteiger partial charge in [-0.15, -0.1) is 0 Å². The van der Waals surface area contributed by atoms with Crippen molar-refractivity contribution in [3.05, 3.63) is 81.0 Å². The quantitative estimate of drug-likeness (QED) is 0.437. The second kappa shape index (κ2) is 9.40. The summed E-state index contributed by atoms with van der Waals surface area (Å²) in [6, 6.07) is 12.7. The minimum absolute atomic E-state index is 0.0261. The average Bonchev–Trinajstić information content (AvgIpc) is 3.18. The maximum absolute atomic E-state index is 13.0. The van der Waals surface area contributed by atoms with Crippen LogP contribution >= 0.6 is 11.6 Å². The van der Waals surface area contributed by atoms with Gasteiger partial charge in [-0.25, -0.2) is 4.68 Å². The number of hydrogen-bond donors (Lipinski definition) is 1. The second-order valence-electron chi connectivity index (χ2n) is 6.51. The zero-order chi connectivity index (χ0) is 22.5. The van der Waals surface area contributed by atoms with Crippen LogP contribution in [-0.2, 0) is 0 Å². The third kappa shape index (κ3) is 4.56. The molecule has 0 aliphatic carbocycles. The number of nitrogens with zero attached hydrogens (tertiary/aromatic N) is 4. The molecule has 0 fully saturated rings. The highest BCUT2D eigenvalue weighted by molar-refractivity contribution is 6.32. The number of nitro groups is 1. The fourth-order valence-corrected chi connectivity index (χ4v) is 3.23. The van der Waals surface area contributed by atoms with Crippen molar-refractivity contribution < 1.29 is 14.5 Å². The summed E-state index contributed by atoms with van der Waals surface area (Å²) in [6.07, 6.45) is 1.40. The maximum Gasteiger partial charge on any atom is 0.288 e. The predicted molar refractivity (Wildman–Crippen MR) is 117 cm³/mol. The van der Waals surface area contributed by atoms with Crippen molar-refractivity contribution in [2.45, 2.75) is 13.8 Å². The fourth-order valence-electron chi connectivity index (χ4n) is 3.04. The van der Waals surface area contributed by atoms with Gasteiger partial charge in [0.2, 0.25) is 0 Å². The first-order chi connectivity index (χ1) is 14.9. The maximum atomic E-state index is 13.0. The highest BCUT2D eigenvalue weighted by Gasteiger charge is 2.25. The summed E-state index contributed by atoms with van der Waals surface area (Å²) in [6.45, 7) is 4.69. The van der Waals surface area contributed by atoms with Crippen LogP contribution in [0.4, 0.5) is 11.5 Å². The molecule has 2 aromatic carbocycles. The lowest BCUT2D eigenvalue weighted by Gasteiger charge is -2.19. The van der Waals surface area contributed by atoms with Gasteiger partial charge >= 0.3 is 0 Å². The Morgan fingerprint density at radius 1 is 1.16 bits per heavy atom. The Morgan fingerprint density at radius 2 is 1.84 bits per heavy atom. The smallest absolute Gasteiger partial charge is 0.288 e. The Kier molecular flexibility index (Phi) is 6.66. The molecule has 0 radical (unpaired) electrons. The monoisotopic (exact) mass is 441 g/mol. The molecule has 0 spiro atoms. The number of amides is 2. The molecule has 160 valence electrons. The van der Waals surface area contributed by atoms with Gasteiger partial charge < -0.3 is 10.2 Å². The number of benzene rings is 2. The Morgan fingerprint density at radius 3 is 2.45 bits per heavy atom. The van der Waals surface area contributed by atoms with E-state index in [1.165, 1.54) is 23.0 Å². The zero-order valence-electron chi connectivity index (χ0n) is 16.9. The lowest BCUT2D eigenvalue weighted by atomic mass is 10.2. The summed E-state index contributed by atoms with van der Waals surface area (Å²) in [5, 5.41) is 18.1. The fraction of sp³-hybridized carbons (Fsp3) is 0.190. The SMILES string of the molecule is CCN(CC)C(=O)c1cnn(-c2ccccc2)c1NC(=O)c1ccc(Cl)c([N+](=O)[O-])c1. The molecule has 1 N–H and O–H groups in total. The van der Waals surface area contributed by atoms with Gasteiger partial charge in [0.1, 0.15) is 16.4 Å². The number of halogens is 1. The third-order valence-electron chi connectivity index (χ3n) is 4.69. The minimum Gasteiger partial charge on any atom is -0.339 e. The molecule has 0 bridgehead atoms. The van der Waals surface area contributed by atoms with Gasteiger partial charge in [0.05, 0.1) is 16.8 Å². The summed E-state index contributed by atoms with van der Waals surface area (Å²) < 4.78 is 1.44. The molecule has 0 atom stereocenters. The third-order valence-corrected chi connectivity index (χ3v) is 5.01. The number of anilines is 1. The molecule has 0 saturated heterocycles. The van der Waals surface area contributed by atoms with Gasteiger partial charge in [-0.05, 0) is 38.1 Å². The van der Waals surface area contributed by atoms with Crippen LogP contribution in [0.25, 0.3) is 5.69 Å². The van der Waals surface area contributed by atoms with Crippen molar-refractivity contribution >= 4 is 34.9 Å². The number of rotatable bonds is 7. The molecule has 3 rings (SSSR count). The highest BCUT2D eigenvalue weighted by Crippen LogP contribution is 2.27. The van der Waals surface area contributed by atoms with E-state index in [9.17, 15) is 19.7 Å². The Labute approximate surface area is 183 Å². The lowest BCUT2D eigenvalue weighted by Crippen LogP contribution is -2.31. The van der Waals surface area contributed by atoms with Crippen molar-refractivity contribution in [2.24, 2.45) is 0 Å². The molecule has 0 aliphatic rings. The van der Waals surface area contributed by atoms with Gasteiger partial charge in [-0.3, -0.25) is 19.7 Å². The Hall–Kier alpha value is -3.72. The summed E-state index contributed by atoms with van der Waals surface area (Å²) >= 11 is 5.84. The van der Waals surface area contributed by atoms with Gasteiger partial charge in [-0.1, -0.05) is 29.8 Å². The van der Waals surface area contributed by atoms with E-state index in [1.807, 2.05) is 19.9 Å². The zero-order valence-corrected chi connectivity index (χ0v) is 17.7. The largest absolute Gasteiger partial charge is 0.339 e. The number of hydrogen-bond acceptors (Lipinski definition) is 5. The first-order valence-electron chi connectivity index (χ1n) is 9.55. The van der Waals surface area contributed by atoms with Gasteiger partial charge in [0.25, 0.3) is 17.5 Å². The normalized spacial score (nSPS) is 10.5. The van der Waals surface area contributed by atoms with E-state index in [0.717, 1.165) is 6.07 Å². The molecule has 31 heavy (non-hydrogen) atoms. The molecule has 0 aliphatic heterocycles. The first kappa shape index (κ1) is 22.0. The van der Waals surface area contributed by atoms with Crippen molar-refractivity contribution in [1.82, 2.24) is 14.7 Å². The summed E-state index contributed by atoms with van der Waals surface area (Å²) in [5.74, 6) is -0.749. The predicted octanol–water partition coefficient (Wildman–Crippen LogP) is 4.17. The summed E-state index contributed by atoms with van der Waals surface area (Å²) in [7, 11) is 0. The van der Waals surface area contributed by atoms with Crippen LogP contribution in [0.2, 0.25) is 5.02 Å². The lowest BCUT2D eigenvalue weighted by molar-refractivity contribution is -0.384. The molecule has 10 heteroatoms. The molecule has 3 aromatic rings. The average molecular weight is 442 g/mol. The molecular weight excluding hydrogens is 422 g/mol. The molecule has 2 amide bonds. The van der Waals surface area contributed by atoms with Crippen molar-refractivity contribution in [1.29, 1.82) is 0 Å². The minimum atomic E-state index is -0.664. The number of aromatic nitrogens is 2. The van der Waals surface area contributed by atoms with Gasteiger partial charge in [-0.2, -0.15) is 5.10 Å². The van der Waals surface area contributed by atoms with E-state index in [-0.39, 0.29) is 33.6 Å². The van der Waals surface area contributed by atoms with Crippen LogP contribution in [0.5, 0.6) is 0 Å². The van der Waals surface area contributed by atoms with E-state index < -0.39 is 10.8 Å². The van der Waals surface area contributed by atoms with Crippen LogP contribution in [0.3, 0.4) is 0 Å². The van der Waals surface area contributed by atoms with Crippen molar-refractivity contribution in [3.63, 3.8) is 0 Å². The van der Waals surface area contributed by atoms with Crippen LogP contribution < -0.4 is 5.32 Å². The van der Waals surface area contributed by atoms with Gasteiger partial charge in [0.15, 0.2) is 0 Å². The molecule has 9 nitrogen and oxygen atoms in total. The van der Waals surface area contributed by atoms with E-state index in [4.69, 9.17) is 11.6 Å². The van der Waals surface area contributed by atoms with Gasteiger partial charge in [0, 0.05) is 24.7 Å². The van der Waals surface area contributed by atoms with Crippen LogP contribution in [-0.4, -0.2) is 44.5 Å². The molecule has 0 saturated carbocycles. The summed E-state index contributed by atoms with van der Waals surface area (Å²) in [5.41, 5.74) is 0.492. The number of carbonyl (C=O) groups is 2. The van der Waals surface area contributed by atoms with E-state index in [1.54, 1.807) is 29.2 Å². The molecule has 1 heterocycles. The number of nitro benzene ring substituents is 1. The number of carbonyl (C=O) groups excluding carboxylic acids is 2. The standard InChI is InChI=1S/C21H20ClN5O4/c1-3-25(4-2)21(29)16-13-23-26(15-8-6-5-7-9-15)19(16)24-20(28)14-10-11-17(22)18(12-14)27(30)31/h5-13H,3-4H2,1-2H3,(H,24,28). The topological polar surface area (TPSA) is 110 Å². The van der Waals surface area contributed by atoms with E-state index in [2.05, 4.69) is 10.4 Å². The Bertz CT molecular complexity index is 1130. The second-order valence-corrected chi connectivity index (χ2v) is 6.92. The van der Waals surface area contributed by atoms with E-state index in [0.29, 0.717) is 18.8 Å². The molecular formula is C21H20ClN5O4. The van der Waals surface area contributed by atoms with Crippen LogP contribution in [0.1, 0.15) is 34.6 Å². The first-order valence-corrected chi connectivity index (χ1v) is 9.93. The highest BCUT2D eigenvalue weighted by atomic mass is 35.5. The molecule has 1 aromatic heterocycles. The number of nitrogens with one attached hydrogen (secondary N) is 1.